The molecule has 0 spiro atoms. The second-order valence-electron chi connectivity index (χ2n) is 13.6. The number of benzene rings is 8. The molecule has 0 aromatic heterocycles. The van der Waals surface area contributed by atoms with Crippen molar-refractivity contribution >= 4 is 21.5 Å². The summed E-state index contributed by atoms with van der Waals surface area (Å²) in [6.07, 6.45) is 2.14. The molecular weight excluding hydrogens is 589 g/mol. The molecule has 1 aliphatic carbocycles. The summed E-state index contributed by atoms with van der Waals surface area (Å²) >= 11 is 0. The first-order valence-corrected chi connectivity index (χ1v) is 17.6. The minimum atomic E-state index is -0.00767. The molecule has 0 heteroatoms. The fraction of sp³-hybridized carbons (Fsp3) is 0.102. The number of fused-ring (bicyclic) bond motifs is 5. The summed E-state index contributed by atoms with van der Waals surface area (Å²) in [4.78, 5) is 0. The van der Waals surface area contributed by atoms with Crippen molar-refractivity contribution in [1.29, 1.82) is 0 Å². The second kappa shape index (κ2) is 11.8. The summed E-state index contributed by atoms with van der Waals surface area (Å²) in [6, 6.07) is 63.2. The standard InChI is InChI=1S/C49H38/c1-3-49(4-2)47-31-43(36-16-14-35(15-17-36)33-10-6-5-7-11-33)24-26-45(47)46-27-25-44(32-48(46)49)42-23-22-40-29-39(20-21-41(40)30-42)38-19-18-34-12-8-9-13-37(34)28-38/h5-32H,3-4H2,1-2H3. The minimum absolute atomic E-state index is 0.00767. The molecule has 0 unspecified atom stereocenters. The van der Waals surface area contributed by atoms with Crippen molar-refractivity contribution < 1.29 is 0 Å². The van der Waals surface area contributed by atoms with Gasteiger partial charge in [-0.05, 0) is 131 Å². The molecule has 0 bridgehead atoms. The Labute approximate surface area is 289 Å². The molecule has 0 amide bonds. The van der Waals surface area contributed by atoms with Crippen LogP contribution in [0.5, 0.6) is 0 Å². The Morgan fingerprint density at radius 2 is 0.653 bits per heavy atom. The summed E-state index contributed by atoms with van der Waals surface area (Å²) in [5.41, 5.74) is 15.8. The number of rotatable bonds is 6. The van der Waals surface area contributed by atoms with Crippen molar-refractivity contribution in [1.82, 2.24) is 0 Å². The van der Waals surface area contributed by atoms with Crippen LogP contribution in [0.15, 0.2) is 170 Å². The highest BCUT2D eigenvalue weighted by molar-refractivity contribution is 5.94. The van der Waals surface area contributed by atoms with E-state index in [1.165, 1.54) is 88.3 Å². The third kappa shape index (κ3) is 4.90. The lowest BCUT2D eigenvalue weighted by molar-refractivity contribution is 0.491. The van der Waals surface area contributed by atoms with E-state index in [4.69, 9.17) is 0 Å². The maximum Gasteiger partial charge on any atom is 0.0210 e. The Morgan fingerprint density at radius 1 is 0.306 bits per heavy atom. The zero-order chi connectivity index (χ0) is 33.0. The topological polar surface area (TPSA) is 0 Å². The predicted molar refractivity (Wildman–Crippen MR) is 210 cm³/mol. The fourth-order valence-corrected chi connectivity index (χ4v) is 8.33. The Morgan fingerprint density at radius 3 is 1.18 bits per heavy atom. The predicted octanol–water partition coefficient (Wildman–Crippen LogP) is 13.7. The Kier molecular flexibility index (Phi) is 7.06. The highest BCUT2D eigenvalue weighted by Gasteiger charge is 2.40. The van der Waals surface area contributed by atoms with Gasteiger partial charge in [-0.2, -0.15) is 0 Å². The van der Waals surface area contributed by atoms with Crippen LogP contribution in [0.1, 0.15) is 37.8 Å². The molecule has 234 valence electrons. The van der Waals surface area contributed by atoms with Gasteiger partial charge in [-0.15, -0.1) is 0 Å². The summed E-state index contributed by atoms with van der Waals surface area (Å²) in [5.74, 6) is 0. The average Bonchev–Trinajstić information content (AvgIpc) is 3.46. The average molecular weight is 627 g/mol. The highest BCUT2D eigenvalue weighted by atomic mass is 14.4. The van der Waals surface area contributed by atoms with Gasteiger partial charge in [0.05, 0.1) is 0 Å². The SMILES string of the molecule is CCC1(CC)c2cc(-c3ccc(-c4ccccc4)cc3)ccc2-c2ccc(-c3ccc4cc(-c5ccc6ccccc6c5)ccc4c3)cc21. The molecule has 0 fully saturated rings. The number of hydrogen-bond donors (Lipinski definition) is 0. The van der Waals surface area contributed by atoms with Crippen LogP contribution in [0.4, 0.5) is 0 Å². The molecule has 1 aliphatic rings. The lowest BCUT2D eigenvalue weighted by Gasteiger charge is -2.30. The zero-order valence-electron chi connectivity index (χ0n) is 28.1. The molecule has 49 heavy (non-hydrogen) atoms. The van der Waals surface area contributed by atoms with E-state index >= 15 is 0 Å². The molecule has 0 radical (unpaired) electrons. The van der Waals surface area contributed by atoms with Crippen molar-refractivity contribution in [2.24, 2.45) is 0 Å². The van der Waals surface area contributed by atoms with Crippen LogP contribution in [-0.2, 0) is 5.41 Å². The molecule has 0 nitrogen and oxygen atoms in total. The monoisotopic (exact) mass is 626 g/mol. The third-order valence-corrected chi connectivity index (χ3v) is 11.1. The summed E-state index contributed by atoms with van der Waals surface area (Å²) < 4.78 is 0. The quantitative estimate of drug-likeness (QED) is 0.172. The van der Waals surface area contributed by atoms with Crippen LogP contribution in [-0.4, -0.2) is 0 Å². The van der Waals surface area contributed by atoms with Gasteiger partial charge < -0.3 is 0 Å². The van der Waals surface area contributed by atoms with Crippen molar-refractivity contribution in [2.75, 3.05) is 0 Å². The molecule has 0 aliphatic heterocycles. The van der Waals surface area contributed by atoms with Crippen LogP contribution < -0.4 is 0 Å². The first kappa shape index (κ1) is 29.4. The molecule has 8 aromatic carbocycles. The van der Waals surface area contributed by atoms with E-state index in [0.29, 0.717) is 0 Å². The largest absolute Gasteiger partial charge is 0.0642 e. The van der Waals surface area contributed by atoms with Crippen molar-refractivity contribution in [3.63, 3.8) is 0 Å². The summed E-state index contributed by atoms with van der Waals surface area (Å²) in [6.45, 7) is 4.72. The number of hydrogen-bond acceptors (Lipinski definition) is 0. The van der Waals surface area contributed by atoms with Gasteiger partial charge in [0.15, 0.2) is 0 Å². The van der Waals surface area contributed by atoms with Crippen LogP contribution in [0.2, 0.25) is 0 Å². The van der Waals surface area contributed by atoms with Gasteiger partial charge in [-0.25, -0.2) is 0 Å². The molecular formula is C49H38. The third-order valence-electron chi connectivity index (χ3n) is 11.1. The van der Waals surface area contributed by atoms with Crippen LogP contribution in [0.3, 0.4) is 0 Å². The maximum atomic E-state index is 2.49. The van der Waals surface area contributed by atoms with Crippen LogP contribution in [0, 0.1) is 0 Å². The van der Waals surface area contributed by atoms with Crippen molar-refractivity contribution in [3.05, 3.63) is 181 Å². The van der Waals surface area contributed by atoms with Gasteiger partial charge in [-0.1, -0.05) is 153 Å². The lowest BCUT2D eigenvalue weighted by atomic mass is 9.73. The smallest absolute Gasteiger partial charge is 0.0210 e. The summed E-state index contributed by atoms with van der Waals surface area (Å²) in [5, 5.41) is 5.09. The van der Waals surface area contributed by atoms with Gasteiger partial charge in [0.25, 0.3) is 0 Å². The molecule has 0 saturated heterocycles. The second-order valence-corrected chi connectivity index (χ2v) is 13.6. The van der Waals surface area contributed by atoms with Gasteiger partial charge >= 0.3 is 0 Å². The minimum Gasteiger partial charge on any atom is -0.0642 e. The van der Waals surface area contributed by atoms with Gasteiger partial charge in [0.2, 0.25) is 0 Å². The Balaban J connectivity index is 1.05. The molecule has 0 N–H and O–H groups in total. The van der Waals surface area contributed by atoms with Gasteiger partial charge in [0, 0.05) is 5.41 Å². The lowest BCUT2D eigenvalue weighted by Crippen LogP contribution is -2.23. The van der Waals surface area contributed by atoms with Crippen LogP contribution in [0.25, 0.3) is 77.2 Å². The molecule has 9 rings (SSSR count). The fourth-order valence-electron chi connectivity index (χ4n) is 8.33. The maximum absolute atomic E-state index is 2.49. The zero-order valence-corrected chi connectivity index (χ0v) is 28.1. The molecule has 0 saturated carbocycles. The summed E-state index contributed by atoms with van der Waals surface area (Å²) in [7, 11) is 0. The first-order valence-electron chi connectivity index (χ1n) is 17.6. The molecule has 0 heterocycles. The van der Waals surface area contributed by atoms with Gasteiger partial charge in [0.1, 0.15) is 0 Å². The van der Waals surface area contributed by atoms with E-state index in [1.807, 2.05) is 0 Å². The van der Waals surface area contributed by atoms with Crippen molar-refractivity contribution in [3.8, 4) is 55.6 Å². The van der Waals surface area contributed by atoms with E-state index in [-0.39, 0.29) is 5.41 Å². The van der Waals surface area contributed by atoms with Crippen molar-refractivity contribution in [2.45, 2.75) is 32.1 Å². The van der Waals surface area contributed by atoms with Crippen LogP contribution >= 0.6 is 0 Å². The first-order chi connectivity index (χ1) is 24.1. The van der Waals surface area contributed by atoms with E-state index < -0.39 is 0 Å². The van der Waals surface area contributed by atoms with E-state index in [0.717, 1.165) is 12.8 Å². The van der Waals surface area contributed by atoms with E-state index in [9.17, 15) is 0 Å². The highest BCUT2D eigenvalue weighted by Crippen LogP contribution is 2.54. The molecule has 0 atom stereocenters. The van der Waals surface area contributed by atoms with E-state index in [1.54, 1.807) is 0 Å². The Hall–Kier alpha value is -5.72. The Bertz CT molecular complexity index is 2490. The molecule has 8 aromatic rings. The normalized spacial score (nSPS) is 13.0. The van der Waals surface area contributed by atoms with Gasteiger partial charge in [-0.3, -0.25) is 0 Å². The van der Waals surface area contributed by atoms with E-state index in [2.05, 4.69) is 184 Å².